The number of aromatic nitrogens is 4. The maximum absolute atomic E-state index is 13.2. The van der Waals surface area contributed by atoms with Gasteiger partial charge < -0.3 is 19.6 Å². The Labute approximate surface area is 197 Å². The Morgan fingerprint density at radius 3 is 1.32 bits per heavy atom. The highest BCUT2D eigenvalue weighted by Crippen LogP contribution is 2.23. The van der Waals surface area contributed by atoms with Crippen LogP contribution in [0.25, 0.3) is 22.1 Å². The summed E-state index contributed by atoms with van der Waals surface area (Å²) in [5.41, 5.74) is 5.86. The molecule has 2 aromatic carbocycles. The minimum atomic E-state index is 0.146. The predicted octanol–water partition coefficient (Wildman–Crippen LogP) is 2.64. The normalized spacial score (nSPS) is 16.9. The number of urea groups is 1. The highest BCUT2D eigenvalue weighted by molar-refractivity contribution is 5.80. The Kier molecular flexibility index (Phi) is 5.29. The summed E-state index contributed by atoms with van der Waals surface area (Å²) in [7, 11) is 0. The Morgan fingerprint density at radius 1 is 0.529 bits per heavy atom. The number of fused-ring (bicyclic) bond motifs is 2. The highest BCUT2D eigenvalue weighted by atomic mass is 16.2. The predicted molar refractivity (Wildman–Crippen MR) is 132 cm³/mol. The summed E-state index contributed by atoms with van der Waals surface area (Å²) >= 11 is 0. The van der Waals surface area contributed by atoms with E-state index in [1.165, 1.54) is 0 Å². The van der Waals surface area contributed by atoms with E-state index >= 15 is 0 Å². The van der Waals surface area contributed by atoms with Gasteiger partial charge in [-0.05, 0) is 36.4 Å². The number of hydrogen-bond acceptors (Lipinski definition) is 7. The van der Waals surface area contributed by atoms with Gasteiger partial charge in [-0.1, -0.05) is 0 Å². The largest absolute Gasteiger partial charge is 0.368 e. The lowest BCUT2D eigenvalue weighted by Crippen LogP contribution is -2.57. The minimum absolute atomic E-state index is 0.146. The molecular weight excluding hydrogens is 428 g/mol. The Morgan fingerprint density at radius 2 is 0.912 bits per heavy atom. The molecule has 2 fully saturated rings. The van der Waals surface area contributed by atoms with Crippen molar-refractivity contribution in [1.82, 2.24) is 29.7 Å². The molecule has 2 aliphatic rings. The van der Waals surface area contributed by atoms with E-state index in [1.807, 2.05) is 21.9 Å². The van der Waals surface area contributed by atoms with Gasteiger partial charge in [-0.2, -0.15) is 0 Å². The van der Waals surface area contributed by atoms with Gasteiger partial charge in [0.2, 0.25) is 0 Å². The molecule has 0 radical (unpaired) electrons. The Bertz CT molecular complexity index is 1230. The third-order valence-electron chi connectivity index (χ3n) is 6.74. The number of piperazine rings is 2. The molecule has 0 bridgehead atoms. The molecule has 9 heteroatoms. The molecule has 0 N–H and O–H groups in total. The molecule has 2 amide bonds. The zero-order valence-corrected chi connectivity index (χ0v) is 18.9. The molecule has 2 aromatic heterocycles. The van der Waals surface area contributed by atoms with E-state index in [-0.39, 0.29) is 6.03 Å². The summed E-state index contributed by atoms with van der Waals surface area (Å²) in [6, 6.07) is 12.5. The lowest BCUT2D eigenvalue weighted by molar-refractivity contribution is 0.147. The average molecular weight is 455 g/mol. The average Bonchev–Trinajstić information content (AvgIpc) is 2.92. The van der Waals surface area contributed by atoms with Crippen LogP contribution in [0.15, 0.2) is 61.2 Å². The van der Waals surface area contributed by atoms with E-state index in [0.717, 1.165) is 85.8 Å². The van der Waals surface area contributed by atoms with Crippen LogP contribution in [-0.4, -0.2) is 88.1 Å². The number of benzene rings is 2. The molecule has 4 aromatic rings. The first-order valence-electron chi connectivity index (χ1n) is 11.7. The minimum Gasteiger partial charge on any atom is -0.368 e. The van der Waals surface area contributed by atoms with Crippen molar-refractivity contribution < 1.29 is 4.79 Å². The molecule has 2 aliphatic heterocycles. The fourth-order valence-corrected chi connectivity index (χ4v) is 4.81. The maximum Gasteiger partial charge on any atom is 0.320 e. The zero-order valence-electron chi connectivity index (χ0n) is 18.9. The summed E-state index contributed by atoms with van der Waals surface area (Å²) < 4.78 is 0. The van der Waals surface area contributed by atoms with Crippen LogP contribution in [0.5, 0.6) is 0 Å². The molecule has 0 atom stereocenters. The van der Waals surface area contributed by atoms with Crippen LogP contribution < -0.4 is 9.80 Å². The van der Waals surface area contributed by atoms with Crippen molar-refractivity contribution in [1.29, 1.82) is 0 Å². The van der Waals surface area contributed by atoms with Crippen molar-refractivity contribution in [2.45, 2.75) is 0 Å². The highest BCUT2D eigenvalue weighted by Gasteiger charge is 2.28. The molecule has 0 saturated carbocycles. The molecule has 0 unspecified atom stereocenters. The molecule has 2 saturated heterocycles. The fraction of sp³-hybridized carbons (Fsp3) is 0.320. The standard InChI is InChI=1S/C25H26N8O/c34-25(32-13-9-30(10-14-32)19-1-3-21-23(17-19)28-7-5-26-21)33-15-11-31(12-16-33)20-2-4-22-24(18-20)29-8-6-27-22/h1-8,17-18H,9-16H2. The van der Waals surface area contributed by atoms with E-state index in [2.05, 4.69) is 54.0 Å². The van der Waals surface area contributed by atoms with Crippen molar-refractivity contribution in [3.63, 3.8) is 0 Å². The van der Waals surface area contributed by atoms with Crippen LogP contribution in [0.4, 0.5) is 16.2 Å². The molecular formula is C25H26N8O. The molecule has 4 heterocycles. The van der Waals surface area contributed by atoms with Crippen LogP contribution in [0.3, 0.4) is 0 Å². The van der Waals surface area contributed by atoms with Gasteiger partial charge in [0.1, 0.15) is 0 Å². The number of rotatable bonds is 2. The third-order valence-corrected chi connectivity index (χ3v) is 6.74. The fourth-order valence-electron chi connectivity index (χ4n) is 4.81. The van der Waals surface area contributed by atoms with Crippen LogP contribution in [0, 0.1) is 0 Å². The van der Waals surface area contributed by atoms with E-state index in [9.17, 15) is 4.79 Å². The second-order valence-electron chi connectivity index (χ2n) is 8.69. The van der Waals surface area contributed by atoms with Crippen LogP contribution in [0.2, 0.25) is 0 Å². The second-order valence-corrected chi connectivity index (χ2v) is 8.69. The number of carbonyl (C=O) groups is 1. The van der Waals surface area contributed by atoms with E-state index in [1.54, 1.807) is 24.8 Å². The summed E-state index contributed by atoms with van der Waals surface area (Å²) in [5, 5.41) is 0. The van der Waals surface area contributed by atoms with Crippen LogP contribution in [0.1, 0.15) is 0 Å². The smallest absolute Gasteiger partial charge is 0.320 e. The van der Waals surface area contributed by atoms with Gasteiger partial charge >= 0.3 is 6.03 Å². The first-order valence-corrected chi connectivity index (χ1v) is 11.7. The molecule has 0 aliphatic carbocycles. The Balaban J connectivity index is 1.05. The van der Waals surface area contributed by atoms with Crippen LogP contribution >= 0.6 is 0 Å². The van der Waals surface area contributed by atoms with E-state index < -0.39 is 0 Å². The van der Waals surface area contributed by atoms with Gasteiger partial charge in [-0.15, -0.1) is 0 Å². The number of amides is 2. The number of nitrogens with zero attached hydrogens (tertiary/aromatic N) is 8. The zero-order chi connectivity index (χ0) is 22.9. The Hall–Kier alpha value is -4.01. The van der Waals surface area contributed by atoms with Gasteiger partial charge in [-0.3, -0.25) is 19.9 Å². The summed E-state index contributed by atoms with van der Waals surface area (Å²) in [6.07, 6.45) is 6.86. The quantitative estimate of drug-likeness (QED) is 0.461. The van der Waals surface area contributed by atoms with E-state index in [4.69, 9.17) is 0 Å². The first-order chi connectivity index (χ1) is 16.7. The third kappa shape index (κ3) is 3.93. The first kappa shape index (κ1) is 20.6. The van der Waals surface area contributed by atoms with Crippen molar-refractivity contribution in [2.24, 2.45) is 0 Å². The monoisotopic (exact) mass is 454 g/mol. The van der Waals surface area contributed by atoms with Gasteiger partial charge in [0.05, 0.1) is 22.1 Å². The lowest BCUT2D eigenvalue weighted by atomic mass is 10.2. The molecule has 9 nitrogen and oxygen atoms in total. The SMILES string of the molecule is O=C(N1CCN(c2ccc3nccnc3c2)CC1)N1CCN(c2ccc3nccnc3c2)CC1. The number of hydrogen-bond donors (Lipinski definition) is 0. The summed E-state index contributed by atoms with van der Waals surface area (Å²) in [4.78, 5) is 39.3. The van der Waals surface area contributed by atoms with Gasteiger partial charge in [-0.25, -0.2) is 4.79 Å². The van der Waals surface area contributed by atoms with Crippen molar-refractivity contribution >= 4 is 39.5 Å². The topological polar surface area (TPSA) is 81.6 Å². The maximum atomic E-state index is 13.2. The molecule has 34 heavy (non-hydrogen) atoms. The molecule has 172 valence electrons. The van der Waals surface area contributed by atoms with Crippen molar-refractivity contribution in [2.75, 3.05) is 62.2 Å². The molecule has 6 rings (SSSR count). The van der Waals surface area contributed by atoms with Gasteiger partial charge in [0, 0.05) is 88.5 Å². The van der Waals surface area contributed by atoms with Gasteiger partial charge in [0.15, 0.2) is 0 Å². The number of carbonyl (C=O) groups excluding carboxylic acids is 1. The van der Waals surface area contributed by atoms with Crippen molar-refractivity contribution in [3.05, 3.63) is 61.2 Å². The van der Waals surface area contributed by atoms with Gasteiger partial charge in [0.25, 0.3) is 0 Å². The van der Waals surface area contributed by atoms with E-state index in [0.29, 0.717) is 0 Å². The summed E-state index contributed by atoms with van der Waals surface area (Å²) in [6.45, 7) is 6.15. The van der Waals surface area contributed by atoms with Crippen LogP contribution in [-0.2, 0) is 0 Å². The lowest BCUT2D eigenvalue weighted by Gasteiger charge is -2.41. The molecule has 0 spiro atoms. The summed E-state index contributed by atoms with van der Waals surface area (Å²) in [5.74, 6) is 0. The second kappa shape index (κ2) is 8.74. The number of anilines is 2. The van der Waals surface area contributed by atoms with Crippen molar-refractivity contribution in [3.8, 4) is 0 Å².